The first-order chi connectivity index (χ1) is 23.0. The van der Waals surface area contributed by atoms with E-state index in [0.29, 0.717) is 11.3 Å². The van der Waals surface area contributed by atoms with Crippen LogP contribution in [0.5, 0.6) is 11.5 Å². The Kier molecular flexibility index (Phi) is 8.39. The molecule has 5 rings (SSSR count). The number of benzene rings is 2. The van der Waals surface area contributed by atoms with E-state index in [4.69, 9.17) is 5.73 Å². The number of aliphatic hydroxyl groups is 3. The minimum absolute atomic E-state index is 0.0273. The minimum atomic E-state index is -4.91. The van der Waals surface area contributed by atoms with Crippen molar-refractivity contribution in [3.8, 4) is 11.5 Å². The number of nitrogens with one attached hydrogen (secondary N) is 2. The van der Waals surface area contributed by atoms with E-state index < -0.39 is 86.5 Å². The summed E-state index contributed by atoms with van der Waals surface area (Å²) in [7, 11) is 6.32. The maximum absolute atomic E-state index is 14.5. The maximum Gasteiger partial charge on any atom is 0.573 e. The van der Waals surface area contributed by atoms with Gasteiger partial charge in [0.15, 0.2) is 17.1 Å². The maximum atomic E-state index is 14.5. The van der Waals surface area contributed by atoms with Crippen LogP contribution in [-0.2, 0) is 20.8 Å². The van der Waals surface area contributed by atoms with Crippen molar-refractivity contribution in [1.29, 1.82) is 0 Å². The summed E-state index contributed by atoms with van der Waals surface area (Å²) in [6.07, 6.45) is -5.11. The molecule has 3 aliphatic carbocycles. The van der Waals surface area contributed by atoms with Crippen molar-refractivity contribution in [1.82, 2.24) is 4.90 Å². The van der Waals surface area contributed by atoms with Crippen LogP contribution in [0.3, 0.4) is 0 Å². The Morgan fingerprint density at radius 1 is 1.02 bits per heavy atom. The standard InChI is InChI=1S/C33H36F3N5O9/c1-30-12-16-18(40(3)4)11-17(39-29(48)38-14-7-9-15(10-8-14)50-33(34,35)36)22(42)19(16)23(43)21(30)27(46)32(49)26(45)20(28(37)47)24(44)25(41(5)6)31(32,2)13-30/h7-11,25,42-43,45,49H,12-13H2,1-6H3,(H2,37,47)(H2,38,39,48)/t25-,30+,31+,32-/m1/s1. The molecule has 14 nitrogen and oxygen atoms in total. The van der Waals surface area contributed by atoms with Gasteiger partial charge in [0.1, 0.15) is 22.8 Å². The number of anilines is 3. The third-order valence-corrected chi connectivity index (χ3v) is 9.68. The summed E-state index contributed by atoms with van der Waals surface area (Å²) in [5, 5.41) is 51.6. The van der Waals surface area contributed by atoms with Crippen LogP contribution >= 0.6 is 0 Å². The third kappa shape index (κ3) is 5.36. The lowest BCUT2D eigenvalue weighted by atomic mass is 9.46. The molecule has 0 aromatic heterocycles. The molecule has 8 N–H and O–H groups in total. The number of carbonyl (C=O) groups excluding carboxylic acids is 4. The number of alkyl halides is 3. The van der Waals surface area contributed by atoms with Crippen molar-refractivity contribution < 1.29 is 57.5 Å². The number of rotatable bonds is 6. The zero-order chi connectivity index (χ0) is 37.5. The highest BCUT2D eigenvalue weighted by Crippen LogP contribution is 2.64. The van der Waals surface area contributed by atoms with E-state index in [2.05, 4.69) is 15.4 Å². The first-order valence-electron chi connectivity index (χ1n) is 15.1. The number of primary amides is 1. The van der Waals surface area contributed by atoms with Gasteiger partial charge in [-0.3, -0.25) is 19.3 Å². The summed E-state index contributed by atoms with van der Waals surface area (Å²) in [6, 6.07) is 3.43. The molecule has 1 fully saturated rings. The quantitative estimate of drug-likeness (QED) is 0.171. The average Bonchev–Trinajstić information content (AvgIpc) is 2.96. The van der Waals surface area contributed by atoms with Crippen molar-refractivity contribution in [2.75, 3.05) is 43.7 Å². The number of Topliss-reactive ketones (excluding diaryl/α,β-unsaturated/α-hetero) is 2. The number of amides is 3. The Balaban J connectivity index is 1.61. The third-order valence-electron chi connectivity index (χ3n) is 9.68. The minimum Gasteiger partial charge on any atom is -0.508 e. The number of hydrogen-bond donors (Lipinski definition) is 7. The number of carbonyl (C=O) groups is 4. The molecule has 3 aliphatic rings. The van der Waals surface area contributed by atoms with E-state index in [9.17, 15) is 52.8 Å². The lowest BCUT2D eigenvalue weighted by Gasteiger charge is -2.59. The van der Waals surface area contributed by atoms with E-state index in [-0.39, 0.29) is 29.8 Å². The summed E-state index contributed by atoms with van der Waals surface area (Å²) in [4.78, 5) is 56.4. The number of phenolic OH excluding ortho intramolecular Hbond substituents is 1. The monoisotopic (exact) mass is 703 g/mol. The Morgan fingerprint density at radius 3 is 2.14 bits per heavy atom. The van der Waals surface area contributed by atoms with E-state index in [1.54, 1.807) is 25.9 Å². The molecule has 1 saturated carbocycles. The van der Waals surface area contributed by atoms with Gasteiger partial charge in [0.05, 0.1) is 17.3 Å². The van der Waals surface area contributed by atoms with Crippen molar-refractivity contribution in [2.24, 2.45) is 16.6 Å². The number of aliphatic hydroxyl groups excluding tert-OH is 2. The number of ketones is 2. The molecule has 2 aromatic rings. The molecule has 0 saturated heterocycles. The number of ether oxygens (including phenoxy) is 1. The predicted octanol–water partition coefficient (Wildman–Crippen LogP) is 3.35. The highest BCUT2D eigenvalue weighted by Gasteiger charge is 2.72. The van der Waals surface area contributed by atoms with Crippen molar-refractivity contribution in [3.63, 3.8) is 0 Å². The molecule has 0 radical (unpaired) electrons. The largest absolute Gasteiger partial charge is 0.573 e. The molecule has 50 heavy (non-hydrogen) atoms. The van der Waals surface area contributed by atoms with Crippen molar-refractivity contribution >= 4 is 46.3 Å². The van der Waals surface area contributed by atoms with Crippen LogP contribution in [0.1, 0.15) is 31.4 Å². The van der Waals surface area contributed by atoms with Gasteiger partial charge in [0.2, 0.25) is 5.78 Å². The van der Waals surface area contributed by atoms with Gasteiger partial charge in [-0.1, -0.05) is 13.8 Å². The normalized spacial score (nSPS) is 26.3. The van der Waals surface area contributed by atoms with Gasteiger partial charge in [-0.05, 0) is 62.8 Å². The number of halogens is 3. The number of nitrogens with two attached hydrogens (primary N) is 1. The number of likely N-dealkylation sites (N-methyl/N-ethyl adjacent to an activating group) is 1. The predicted molar refractivity (Wildman–Crippen MR) is 174 cm³/mol. The summed E-state index contributed by atoms with van der Waals surface area (Å²) in [5.41, 5.74) is -1.56. The number of fused-ring (bicyclic) bond motifs is 3. The van der Waals surface area contributed by atoms with Crippen LogP contribution in [0.2, 0.25) is 0 Å². The fraction of sp³-hybridized carbons (Fsp3) is 0.394. The first-order valence-corrected chi connectivity index (χ1v) is 15.1. The van der Waals surface area contributed by atoms with E-state index in [1.807, 2.05) is 0 Å². The molecule has 0 spiro atoms. The number of phenols is 1. The molecule has 17 heteroatoms. The topological polar surface area (TPSA) is 215 Å². The van der Waals surface area contributed by atoms with Gasteiger partial charge < -0.3 is 46.4 Å². The second kappa shape index (κ2) is 11.7. The van der Waals surface area contributed by atoms with Crippen molar-refractivity contribution in [3.05, 3.63) is 58.4 Å². The lowest BCUT2D eigenvalue weighted by Crippen LogP contribution is -2.72. The zero-order valence-corrected chi connectivity index (χ0v) is 27.8. The highest BCUT2D eigenvalue weighted by molar-refractivity contribution is 6.25. The van der Waals surface area contributed by atoms with Crippen LogP contribution in [0, 0.1) is 10.8 Å². The second-order valence-corrected chi connectivity index (χ2v) is 13.6. The molecule has 3 amide bonds. The van der Waals surface area contributed by atoms with Gasteiger partial charge in [-0.15, -0.1) is 13.2 Å². The number of aromatic hydroxyl groups is 1. The molecular weight excluding hydrogens is 667 g/mol. The summed E-state index contributed by atoms with van der Waals surface area (Å²) in [6.45, 7) is 3.07. The molecule has 2 aromatic carbocycles. The Hall–Kier alpha value is -5.29. The van der Waals surface area contributed by atoms with Crippen LogP contribution in [-0.4, -0.2) is 95.0 Å². The zero-order valence-electron chi connectivity index (χ0n) is 27.8. The highest BCUT2D eigenvalue weighted by atomic mass is 19.4. The lowest BCUT2D eigenvalue weighted by molar-refractivity contribution is -0.274. The van der Waals surface area contributed by atoms with Gasteiger partial charge in [0.25, 0.3) is 5.91 Å². The Bertz CT molecular complexity index is 1910. The fourth-order valence-corrected chi connectivity index (χ4v) is 7.89. The average molecular weight is 704 g/mol. The summed E-state index contributed by atoms with van der Waals surface area (Å²) in [5.74, 6) is -6.66. The molecular formula is C33H36F3N5O9. The summed E-state index contributed by atoms with van der Waals surface area (Å²) >= 11 is 0. The molecule has 4 atom stereocenters. The fourth-order valence-electron chi connectivity index (χ4n) is 7.89. The van der Waals surface area contributed by atoms with Crippen LogP contribution in [0.25, 0.3) is 5.76 Å². The van der Waals surface area contributed by atoms with Gasteiger partial charge in [0, 0.05) is 41.9 Å². The van der Waals surface area contributed by atoms with E-state index in [0.717, 1.165) is 24.3 Å². The molecule has 0 heterocycles. The molecule has 0 bridgehead atoms. The number of nitrogens with zero attached hydrogens (tertiary/aromatic N) is 2. The first kappa shape index (κ1) is 36.0. The Labute approximate surface area is 283 Å². The van der Waals surface area contributed by atoms with Gasteiger partial charge in [-0.25, -0.2) is 4.79 Å². The van der Waals surface area contributed by atoms with Crippen LogP contribution in [0.4, 0.5) is 35.0 Å². The van der Waals surface area contributed by atoms with Crippen LogP contribution in [0.15, 0.2) is 47.2 Å². The van der Waals surface area contributed by atoms with Gasteiger partial charge in [-0.2, -0.15) is 0 Å². The molecule has 0 aliphatic heterocycles. The Morgan fingerprint density at radius 2 is 1.62 bits per heavy atom. The second-order valence-electron chi connectivity index (χ2n) is 13.6. The SMILES string of the molecule is CN(C)c1cc(NC(=O)Nc2ccc(OC(F)(F)F)cc2)c(O)c2c1C[C@@]1(C)C[C@@]3(C)[C@H](N(C)C)C(=O)C(C(N)=O)=C(O)[C@@]3(O)C(=O)C1=C2O. The smallest absolute Gasteiger partial charge is 0.508 e. The van der Waals surface area contributed by atoms with E-state index >= 15 is 0 Å². The van der Waals surface area contributed by atoms with Crippen LogP contribution < -0.4 is 26.0 Å². The van der Waals surface area contributed by atoms with Crippen molar-refractivity contribution in [2.45, 2.75) is 44.7 Å². The number of urea groups is 1. The van der Waals surface area contributed by atoms with E-state index in [1.165, 1.54) is 32.0 Å². The molecule has 268 valence electrons. The number of hydrogen-bond acceptors (Lipinski definition) is 11. The summed E-state index contributed by atoms with van der Waals surface area (Å²) < 4.78 is 41.3. The molecule has 0 unspecified atom stereocenters. The van der Waals surface area contributed by atoms with Gasteiger partial charge >= 0.3 is 12.4 Å².